The van der Waals surface area contributed by atoms with Gasteiger partial charge in [-0.1, -0.05) is 31.5 Å². The first-order chi connectivity index (χ1) is 8.87. The van der Waals surface area contributed by atoms with Gasteiger partial charge in [0.15, 0.2) is 0 Å². The van der Waals surface area contributed by atoms with Crippen LogP contribution in [0.1, 0.15) is 26.7 Å². The number of aliphatic hydroxyl groups excluding tert-OH is 1. The Morgan fingerprint density at radius 2 is 2.16 bits per heavy atom. The quantitative estimate of drug-likeness (QED) is 0.594. The van der Waals surface area contributed by atoms with Gasteiger partial charge >= 0.3 is 5.69 Å². The summed E-state index contributed by atoms with van der Waals surface area (Å²) in [6, 6.07) is 4.83. The van der Waals surface area contributed by atoms with Crippen molar-refractivity contribution in [1.29, 1.82) is 0 Å². The molecular formula is C13H19ClN2O3. The molecule has 0 saturated carbocycles. The number of nitrogens with one attached hydrogen (secondary N) is 1. The van der Waals surface area contributed by atoms with Crippen molar-refractivity contribution in [3.05, 3.63) is 33.3 Å². The lowest BCUT2D eigenvalue weighted by molar-refractivity contribution is -0.383. The molecule has 0 saturated heterocycles. The van der Waals surface area contributed by atoms with Gasteiger partial charge in [0.05, 0.1) is 4.92 Å². The maximum Gasteiger partial charge on any atom is 0.310 e. The minimum atomic E-state index is -0.481. The standard InChI is InChI=1S/C13H19ClN2O3/c1-13(2,7-4-8-17)9-15-11-6-3-5-10(14)12(11)16(18)19/h3,5-6,15,17H,4,7-9H2,1-2H3. The van der Waals surface area contributed by atoms with Gasteiger partial charge in [-0.2, -0.15) is 0 Å². The van der Waals surface area contributed by atoms with Crippen molar-refractivity contribution in [1.82, 2.24) is 0 Å². The Morgan fingerprint density at radius 1 is 1.47 bits per heavy atom. The average Bonchev–Trinajstić information content (AvgIpc) is 2.33. The van der Waals surface area contributed by atoms with E-state index in [1.165, 1.54) is 6.07 Å². The normalized spacial score (nSPS) is 11.4. The molecule has 19 heavy (non-hydrogen) atoms. The average molecular weight is 287 g/mol. The predicted octanol–water partition coefficient (Wildman–Crippen LogP) is 3.46. The predicted molar refractivity (Wildman–Crippen MR) is 76.7 cm³/mol. The Hall–Kier alpha value is -1.33. The Balaban J connectivity index is 2.78. The molecule has 0 amide bonds. The molecule has 1 aromatic rings. The van der Waals surface area contributed by atoms with Crippen molar-refractivity contribution < 1.29 is 10.0 Å². The van der Waals surface area contributed by atoms with Crippen LogP contribution in [0, 0.1) is 15.5 Å². The zero-order valence-corrected chi connectivity index (χ0v) is 11.9. The zero-order valence-electron chi connectivity index (χ0n) is 11.1. The molecule has 0 atom stereocenters. The molecule has 0 unspecified atom stereocenters. The molecule has 5 nitrogen and oxygen atoms in total. The van der Waals surface area contributed by atoms with Gasteiger partial charge < -0.3 is 10.4 Å². The van der Waals surface area contributed by atoms with E-state index in [0.717, 1.165) is 6.42 Å². The monoisotopic (exact) mass is 286 g/mol. The fourth-order valence-electron chi connectivity index (χ4n) is 1.82. The van der Waals surface area contributed by atoms with Gasteiger partial charge in [-0.25, -0.2) is 0 Å². The molecule has 0 aliphatic rings. The molecule has 0 aliphatic carbocycles. The summed E-state index contributed by atoms with van der Waals surface area (Å²) in [7, 11) is 0. The van der Waals surface area contributed by atoms with Crippen molar-refractivity contribution in [3.8, 4) is 0 Å². The van der Waals surface area contributed by atoms with Crippen LogP contribution in [0.4, 0.5) is 11.4 Å². The zero-order chi connectivity index (χ0) is 14.5. The largest absolute Gasteiger partial charge is 0.396 e. The molecule has 6 heteroatoms. The maximum atomic E-state index is 11.0. The van der Waals surface area contributed by atoms with E-state index in [2.05, 4.69) is 5.32 Å². The van der Waals surface area contributed by atoms with Gasteiger partial charge in [0.2, 0.25) is 0 Å². The van der Waals surface area contributed by atoms with Crippen LogP contribution in [0.3, 0.4) is 0 Å². The van der Waals surface area contributed by atoms with Crippen molar-refractivity contribution in [3.63, 3.8) is 0 Å². The van der Waals surface area contributed by atoms with Crippen LogP contribution in [0.2, 0.25) is 5.02 Å². The van der Waals surface area contributed by atoms with E-state index in [1.54, 1.807) is 12.1 Å². The smallest absolute Gasteiger partial charge is 0.310 e. The highest BCUT2D eigenvalue weighted by Gasteiger charge is 2.22. The second-order valence-electron chi connectivity index (χ2n) is 5.24. The summed E-state index contributed by atoms with van der Waals surface area (Å²) >= 11 is 5.84. The molecule has 0 heterocycles. The van der Waals surface area contributed by atoms with E-state index in [9.17, 15) is 10.1 Å². The van der Waals surface area contributed by atoms with E-state index in [4.69, 9.17) is 16.7 Å². The van der Waals surface area contributed by atoms with Crippen LogP contribution >= 0.6 is 11.6 Å². The highest BCUT2D eigenvalue weighted by Crippen LogP contribution is 2.33. The summed E-state index contributed by atoms with van der Waals surface area (Å²) in [6.45, 7) is 4.83. The first-order valence-corrected chi connectivity index (χ1v) is 6.53. The number of hydrogen-bond donors (Lipinski definition) is 2. The fraction of sp³-hybridized carbons (Fsp3) is 0.538. The van der Waals surface area contributed by atoms with Crippen molar-refractivity contribution in [2.45, 2.75) is 26.7 Å². The van der Waals surface area contributed by atoms with E-state index in [0.29, 0.717) is 18.7 Å². The molecule has 1 rings (SSSR count). The van der Waals surface area contributed by atoms with Crippen LogP contribution in [-0.2, 0) is 0 Å². The number of halogens is 1. The van der Waals surface area contributed by atoms with Gasteiger partial charge in [0, 0.05) is 13.2 Å². The fourth-order valence-corrected chi connectivity index (χ4v) is 2.07. The second kappa shape index (κ2) is 6.73. The van der Waals surface area contributed by atoms with E-state index < -0.39 is 4.92 Å². The highest BCUT2D eigenvalue weighted by atomic mass is 35.5. The first-order valence-electron chi connectivity index (χ1n) is 6.15. The minimum Gasteiger partial charge on any atom is -0.396 e. The Labute approximate surface area is 117 Å². The number of hydrogen-bond acceptors (Lipinski definition) is 4. The summed E-state index contributed by atoms with van der Waals surface area (Å²) in [4.78, 5) is 10.5. The van der Waals surface area contributed by atoms with E-state index >= 15 is 0 Å². The highest BCUT2D eigenvalue weighted by molar-refractivity contribution is 6.33. The number of nitrogens with zero attached hydrogens (tertiary/aromatic N) is 1. The molecule has 106 valence electrons. The van der Waals surface area contributed by atoms with Gasteiger partial charge in [-0.3, -0.25) is 10.1 Å². The number of aliphatic hydroxyl groups is 1. The van der Waals surface area contributed by atoms with Crippen LogP contribution in [0.15, 0.2) is 18.2 Å². The minimum absolute atomic E-state index is 0.0566. The number of para-hydroxylation sites is 1. The Morgan fingerprint density at radius 3 is 2.74 bits per heavy atom. The van der Waals surface area contributed by atoms with Crippen LogP contribution in [0.5, 0.6) is 0 Å². The van der Waals surface area contributed by atoms with Crippen molar-refractivity contribution >= 4 is 23.0 Å². The first kappa shape index (κ1) is 15.7. The van der Waals surface area contributed by atoms with Gasteiger partial charge in [0.25, 0.3) is 0 Å². The molecule has 0 bridgehead atoms. The molecular weight excluding hydrogens is 268 g/mol. The molecule has 0 aliphatic heterocycles. The van der Waals surface area contributed by atoms with Crippen molar-refractivity contribution in [2.24, 2.45) is 5.41 Å². The number of benzene rings is 1. The number of anilines is 1. The third kappa shape index (κ3) is 4.69. The van der Waals surface area contributed by atoms with E-state index in [-0.39, 0.29) is 22.7 Å². The topological polar surface area (TPSA) is 75.4 Å². The lowest BCUT2D eigenvalue weighted by atomic mass is 9.88. The molecule has 0 spiro atoms. The third-order valence-electron chi connectivity index (χ3n) is 2.94. The number of nitro groups is 1. The summed E-state index contributed by atoms with van der Waals surface area (Å²) in [5, 5.41) is 23.0. The molecule has 0 radical (unpaired) electrons. The van der Waals surface area contributed by atoms with Gasteiger partial charge in [0.1, 0.15) is 10.7 Å². The summed E-state index contributed by atoms with van der Waals surface area (Å²) < 4.78 is 0. The van der Waals surface area contributed by atoms with Gasteiger partial charge in [-0.15, -0.1) is 0 Å². The van der Waals surface area contributed by atoms with E-state index in [1.807, 2.05) is 13.8 Å². The van der Waals surface area contributed by atoms with Crippen LogP contribution < -0.4 is 5.32 Å². The van der Waals surface area contributed by atoms with Crippen LogP contribution in [0.25, 0.3) is 0 Å². The number of nitro benzene ring substituents is 1. The lowest BCUT2D eigenvalue weighted by Crippen LogP contribution is -2.23. The molecule has 2 N–H and O–H groups in total. The Bertz CT molecular complexity index is 450. The summed E-state index contributed by atoms with van der Waals surface area (Å²) in [5.41, 5.74) is 0.274. The number of rotatable bonds is 7. The second-order valence-corrected chi connectivity index (χ2v) is 5.65. The maximum absolute atomic E-state index is 11.0. The summed E-state index contributed by atoms with van der Waals surface area (Å²) in [6.07, 6.45) is 1.55. The molecule has 0 aromatic heterocycles. The SMILES string of the molecule is CC(C)(CCCO)CNc1cccc(Cl)c1[N+](=O)[O-]. The molecule has 0 fully saturated rings. The summed E-state index contributed by atoms with van der Waals surface area (Å²) in [5.74, 6) is 0. The lowest BCUT2D eigenvalue weighted by Gasteiger charge is -2.25. The Kier molecular flexibility index (Phi) is 5.57. The third-order valence-corrected chi connectivity index (χ3v) is 3.24. The van der Waals surface area contributed by atoms with Crippen LogP contribution in [-0.4, -0.2) is 23.2 Å². The van der Waals surface area contributed by atoms with Gasteiger partial charge in [-0.05, 0) is 30.4 Å². The van der Waals surface area contributed by atoms with Crippen molar-refractivity contribution in [2.75, 3.05) is 18.5 Å². The molecule has 1 aromatic carbocycles.